The van der Waals surface area contributed by atoms with Crippen LogP contribution in [0.25, 0.3) is 33.6 Å². The number of hydrogen-bond donors (Lipinski definition) is 3. The summed E-state index contributed by atoms with van der Waals surface area (Å²) in [5.74, 6) is 0.849. The number of aromatic nitrogens is 4. The number of halogens is 3. The van der Waals surface area contributed by atoms with E-state index < -0.39 is 42.5 Å². The zero-order valence-electron chi connectivity index (χ0n) is 31.2. The second-order valence-electron chi connectivity index (χ2n) is 14.7. The van der Waals surface area contributed by atoms with Crippen LogP contribution in [0.15, 0.2) is 60.9 Å². The minimum absolute atomic E-state index is 0.160. The molecule has 3 amide bonds. The lowest BCUT2D eigenvalue weighted by Gasteiger charge is -2.28. The molecule has 2 aliphatic heterocycles. The fraction of sp³-hybridized carbons (Fsp3) is 0.462. The Morgan fingerprint density at radius 3 is 1.80 bits per heavy atom. The fourth-order valence-corrected chi connectivity index (χ4v) is 6.94. The van der Waals surface area contributed by atoms with Gasteiger partial charge >= 0.3 is 18.4 Å². The summed E-state index contributed by atoms with van der Waals surface area (Å²) in [6.07, 6.45) is 0.621. The van der Waals surface area contributed by atoms with E-state index in [0.717, 1.165) is 59.4 Å². The molecule has 0 unspecified atom stereocenters. The number of ether oxygens (including phenoxy) is 3. The van der Waals surface area contributed by atoms with Crippen molar-refractivity contribution in [3.05, 3.63) is 72.6 Å². The van der Waals surface area contributed by atoms with Crippen molar-refractivity contribution in [2.75, 3.05) is 33.4 Å². The van der Waals surface area contributed by atoms with E-state index in [-0.39, 0.29) is 25.2 Å². The van der Waals surface area contributed by atoms with Crippen molar-refractivity contribution in [3.63, 3.8) is 0 Å². The Hall–Kier alpha value is -5.38. The third-order valence-electron chi connectivity index (χ3n) is 9.56. The van der Waals surface area contributed by atoms with Crippen LogP contribution in [-0.2, 0) is 19.0 Å². The Morgan fingerprint density at radius 2 is 1.31 bits per heavy atom. The van der Waals surface area contributed by atoms with Gasteiger partial charge in [0.25, 0.3) is 0 Å². The van der Waals surface area contributed by atoms with Gasteiger partial charge in [0.15, 0.2) is 0 Å². The van der Waals surface area contributed by atoms with Crippen LogP contribution < -0.4 is 5.32 Å². The summed E-state index contributed by atoms with van der Waals surface area (Å²) in [5.41, 5.74) is 4.92. The maximum Gasteiger partial charge on any atom is 0.411 e. The first-order valence-electron chi connectivity index (χ1n) is 18.3. The molecule has 294 valence electrons. The standard InChI is InChI=1S/C39H46F3N7O6/c1-38(2,3)55-37(52)49-19-6-8-32(49)34-44-22-30(46-34)27-15-11-25(12-16-27)24-9-13-26(14-10-24)29-21-43-33(45-29)31-7-5-18-48(31)35(50)28(47-36(51)53-4)17-20-54-23-39(40,41)42/h9-16,21-22,28,31-32H,5-8,17-20,23H2,1-4H3,(H,43,45)(H,44,46)(H,47,51)/t28-,31-,32-/m0/s1. The minimum Gasteiger partial charge on any atom is -0.453 e. The number of carbonyl (C=O) groups excluding carboxylic acids is 3. The molecule has 16 heteroatoms. The second-order valence-corrected chi connectivity index (χ2v) is 14.7. The third-order valence-corrected chi connectivity index (χ3v) is 9.56. The summed E-state index contributed by atoms with van der Waals surface area (Å²) in [6, 6.07) is 14.4. The Morgan fingerprint density at radius 1 is 0.818 bits per heavy atom. The van der Waals surface area contributed by atoms with Crippen LogP contribution >= 0.6 is 0 Å². The van der Waals surface area contributed by atoms with Gasteiger partial charge in [0.1, 0.15) is 29.9 Å². The smallest absolute Gasteiger partial charge is 0.411 e. The number of likely N-dealkylation sites (tertiary alicyclic amines) is 2. The maximum absolute atomic E-state index is 13.6. The number of methoxy groups -OCH3 is 1. The van der Waals surface area contributed by atoms with Gasteiger partial charge < -0.3 is 34.4 Å². The van der Waals surface area contributed by atoms with Gasteiger partial charge in [0.05, 0.1) is 43.0 Å². The normalized spacial score (nSPS) is 18.0. The van der Waals surface area contributed by atoms with Gasteiger partial charge in [-0.15, -0.1) is 0 Å². The number of nitrogens with one attached hydrogen (secondary N) is 3. The number of alkyl halides is 3. The van der Waals surface area contributed by atoms with E-state index in [1.807, 2.05) is 69.3 Å². The van der Waals surface area contributed by atoms with Gasteiger partial charge in [-0.25, -0.2) is 19.6 Å². The predicted octanol–water partition coefficient (Wildman–Crippen LogP) is 7.56. The molecule has 2 aliphatic rings. The average Bonchev–Trinajstić information content (AvgIpc) is 3.98. The number of amides is 3. The van der Waals surface area contributed by atoms with Crippen molar-refractivity contribution in [1.82, 2.24) is 35.1 Å². The van der Waals surface area contributed by atoms with Gasteiger partial charge in [-0.3, -0.25) is 9.69 Å². The van der Waals surface area contributed by atoms with Crippen molar-refractivity contribution in [2.45, 2.75) is 82.8 Å². The highest BCUT2D eigenvalue weighted by Gasteiger charge is 2.37. The summed E-state index contributed by atoms with van der Waals surface area (Å²) in [4.78, 5) is 57.6. The van der Waals surface area contributed by atoms with E-state index >= 15 is 0 Å². The number of imidazole rings is 2. The molecular formula is C39H46F3N7O6. The number of H-pyrrole nitrogens is 2. The number of nitrogens with zero attached hydrogens (tertiary/aromatic N) is 4. The van der Waals surface area contributed by atoms with Crippen LogP contribution in [0, 0.1) is 0 Å². The Balaban J connectivity index is 1.09. The maximum atomic E-state index is 13.6. The van der Waals surface area contributed by atoms with Crippen LogP contribution in [0.2, 0.25) is 0 Å². The lowest BCUT2D eigenvalue weighted by Crippen LogP contribution is -2.49. The molecule has 13 nitrogen and oxygen atoms in total. The largest absolute Gasteiger partial charge is 0.453 e. The van der Waals surface area contributed by atoms with E-state index in [2.05, 4.69) is 30.0 Å². The van der Waals surface area contributed by atoms with E-state index in [4.69, 9.17) is 9.47 Å². The van der Waals surface area contributed by atoms with Crippen LogP contribution in [0.5, 0.6) is 0 Å². The molecule has 2 aromatic carbocycles. The zero-order valence-corrected chi connectivity index (χ0v) is 31.2. The van der Waals surface area contributed by atoms with Gasteiger partial charge in [-0.2, -0.15) is 13.2 Å². The average molecular weight is 766 g/mol. The quantitative estimate of drug-likeness (QED) is 0.132. The van der Waals surface area contributed by atoms with Crippen LogP contribution in [0.4, 0.5) is 22.8 Å². The summed E-state index contributed by atoms with van der Waals surface area (Å²) >= 11 is 0. The highest BCUT2D eigenvalue weighted by Crippen LogP contribution is 2.35. The highest BCUT2D eigenvalue weighted by molar-refractivity contribution is 5.86. The Bertz CT molecular complexity index is 1940. The first-order valence-corrected chi connectivity index (χ1v) is 18.3. The summed E-state index contributed by atoms with van der Waals surface area (Å²) in [6.45, 7) is 4.76. The lowest BCUT2D eigenvalue weighted by atomic mass is 10.0. The topological polar surface area (TPSA) is 155 Å². The van der Waals surface area contributed by atoms with E-state index in [1.165, 1.54) is 0 Å². The minimum atomic E-state index is -4.50. The van der Waals surface area contributed by atoms with Crippen molar-refractivity contribution in [1.29, 1.82) is 0 Å². The first-order chi connectivity index (χ1) is 26.2. The molecule has 2 aromatic heterocycles. The zero-order chi connectivity index (χ0) is 39.3. The molecule has 4 heterocycles. The molecule has 3 N–H and O–H groups in total. The summed E-state index contributed by atoms with van der Waals surface area (Å²) < 4.78 is 52.6. The molecule has 0 bridgehead atoms. The molecule has 55 heavy (non-hydrogen) atoms. The molecule has 0 radical (unpaired) electrons. The molecule has 3 atom stereocenters. The second kappa shape index (κ2) is 16.6. The Labute approximate surface area is 317 Å². The lowest BCUT2D eigenvalue weighted by molar-refractivity contribution is -0.174. The Kier molecular flexibility index (Phi) is 11.8. The SMILES string of the molecule is COC(=O)N[C@@H](CCOCC(F)(F)F)C(=O)N1CCC[C@H]1c1ncc(-c2ccc(-c3ccc(-c4cnc([C@@H]5CCCN5C(=O)OC(C)(C)C)[nH]4)cc3)cc2)[nH]1. The van der Waals surface area contributed by atoms with E-state index in [0.29, 0.717) is 31.8 Å². The number of aromatic amines is 2. The van der Waals surface area contributed by atoms with Crippen molar-refractivity contribution < 1.29 is 41.8 Å². The monoisotopic (exact) mass is 765 g/mol. The van der Waals surface area contributed by atoms with Gasteiger partial charge in [0.2, 0.25) is 5.91 Å². The third kappa shape index (κ3) is 9.84. The number of carbonyl (C=O) groups is 3. The molecular weight excluding hydrogens is 719 g/mol. The van der Waals surface area contributed by atoms with Crippen molar-refractivity contribution >= 4 is 18.1 Å². The van der Waals surface area contributed by atoms with Crippen molar-refractivity contribution in [2.24, 2.45) is 0 Å². The van der Waals surface area contributed by atoms with E-state index in [9.17, 15) is 27.6 Å². The highest BCUT2D eigenvalue weighted by atomic mass is 19.4. The van der Waals surface area contributed by atoms with Gasteiger partial charge in [-0.05, 0) is 68.7 Å². The molecule has 6 rings (SSSR count). The number of alkyl carbamates (subject to hydrolysis) is 1. The molecule has 2 fully saturated rings. The first kappa shape index (κ1) is 39.3. The van der Waals surface area contributed by atoms with Crippen LogP contribution in [0.3, 0.4) is 0 Å². The molecule has 0 saturated carbocycles. The summed E-state index contributed by atoms with van der Waals surface area (Å²) in [7, 11) is 1.14. The van der Waals surface area contributed by atoms with E-state index in [1.54, 1.807) is 22.2 Å². The summed E-state index contributed by atoms with van der Waals surface area (Å²) in [5, 5.41) is 2.43. The number of hydrogen-bond acceptors (Lipinski definition) is 8. The number of rotatable bonds is 11. The fourth-order valence-electron chi connectivity index (χ4n) is 6.94. The van der Waals surface area contributed by atoms with Gasteiger partial charge in [-0.1, -0.05) is 48.5 Å². The molecule has 2 saturated heterocycles. The van der Waals surface area contributed by atoms with Crippen molar-refractivity contribution in [3.8, 4) is 33.6 Å². The van der Waals surface area contributed by atoms with Gasteiger partial charge in [0, 0.05) is 26.1 Å². The number of benzene rings is 2. The molecule has 0 aliphatic carbocycles. The molecule has 4 aromatic rings. The molecule has 0 spiro atoms. The predicted molar refractivity (Wildman–Crippen MR) is 196 cm³/mol. The van der Waals surface area contributed by atoms with Crippen LogP contribution in [-0.4, -0.2) is 99.1 Å². The van der Waals surface area contributed by atoms with Crippen LogP contribution in [0.1, 0.15) is 76.6 Å².